The van der Waals surface area contributed by atoms with Crippen LogP contribution in [-0.4, -0.2) is 35.3 Å². The first-order valence-electron chi connectivity index (χ1n) is 10.5. The Morgan fingerprint density at radius 2 is 1.83 bits per heavy atom. The highest BCUT2D eigenvalue weighted by atomic mass is 35.5. The van der Waals surface area contributed by atoms with Gasteiger partial charge in [-0.15, -0.1) is 0 Å². The van der Waals surface area contributed by atoms with Crippen LogP contribution >= 0.6 is 11.6 Å². The van der Waals surface area contributed by atoms with Gasteiger partial charge >= 0.3 is 0 Å². The van der Waals surface area contributed by atoms with Crippen LogP contribution in [0.3, 0.4) is 0 Å². The maximum atomic E-state index is 14.2. The van der Waals surface area contributed by atoms with Crippen LogP contribution in [-0.2, 0) is 22.4 Å². The number of halogens is 2. The average molecular weight is 431 g/mol. The predicted octanol–water partition coefficient (Wildman–Crippen LogP) is 4.54. The van der Waals surface area contributed by atoms with Crippen LogP contribution in [0.25, 0.3) is 0 Å². The molecule has 0 spiro atoms. The number of nitrogens with zero attached hydrogens (tertiary/aromatic N) is 1. The monoisotopic (exact) mass is 430 g/mol. The van der Waals surface area contributed by atoms with Crippen molar-refractivity contribution in [1.82, 2.24) is 10.2 Å². The van der Waals surface area contributed by atoms with Gasteiger partial charge in [0.15, 0.2) is 0 Å². The van der Waals surface area contributed by atoms with Crippen molar-refractivity contribution in [2.24, 2.45) is 0 Å². The Labute approximate surface area is 182 Å². The van der Waals surface area contributed by atoms with E-state index >= 15 is 0 Å². The maximum absolute atomic E-state index is 14.2. The Balaban J connectivity index is 1.74. The molecule has 1 aliphatic carbocycles. The van der Waals surface area contributed by atoms with Crippen molar-refractivity contribution >= 4 is 23.4 Å². The van der Waals surface area contributed by atoms with E-state index < -0.39 is 11.9 Å². The minimum Gasteiger partial charge on any atom is -0.352 e. The third kappa shape index (κ3) is 5.82. The molecule has 1 saturated carbocycles. The van der Waals surface area contributed by atoms with Gasteiger partial charge in [0.05, 0.1) is 6.42 Å². The van der Waals surface area contributed by atoms with Gasteiger partial charge in [-0.3, -0.25) is 9.59 Å². The number of hydrogen-bond acceptors (Lipinski definition) is 2. The van der Waals surface area contributed by atoms with Crippen LogP contribution in [0.1, 0.15) is 43.7 Å². The first-order chi connectivity index (χ1) is 14.5. The van der Waals surface area contributed by atoms with Crippen LogP contribution in [0, 0.1) is 5.82 Å². The van der Waals surface area contributed by atoms with Gasteiger partial charge in [0.1, 0.15) is 11.9 Å². The fraction of sp³-hybridized carbons (Fsp3) is 0.417. The van der Waals surface area contributed by atoms with Crippen molar-refractivity contribution < 1.29 is 14.0 Å². The molecule has 1 aliphatic rings. The van der Waals surface area contributed by atoms with Gasteiger partial charge < -0.3 is 10.2 Å². The Bertz CT molecular complexity index is 849. The molecule has 0 heterocycles. The predicted molar refractivity (Wildman–Crippen MR) is 117 cm³/mol. The van der Waals surface area contributed by atoms with Crippen LogP contribution in [0.5, 0.6) is 0 Å². The molecule has 0 radical (unpaired) electrons. The molecule has 30 heavy (non-hydrogen) atoms. The minimum absolute atomic E-state index is 0.164. The van der Waals surface area contributed by atoms with E-state index in [2.05, 4.69) is 5.32 Å². The number of carbonyl (C=O) groups is 2. The highest BCUT2D eigenvalue weighted by molar-refractivity contribution is 6.31. The average Bonchev–Trinajstić information content (AvgIpc) is 3.24. The first-order valence-corrected chi connectivity index (χ1v) is 10.9. The summed E-state index contributed by atoms with van der Waals surface area (Å²) in [5, 5.41) is 3.28. The second-order valence-electron chi connectivity index (χ2n) is 7.87. The molecule has 0 aliphatic heterocycles. The van der Waals surface area contributed by atoms with E-state index in [0.29, 0.717) is 13.0 Å². The van der Waals surface area contributed by atoms with E-state index in [1.54, 1.807) is 17.9 Å². The molecule has 2 aromatic rings. The zero-order valence-corrected chi connectivity index (χ0v) is 18.0. The summed E-state index contributed by atoms with van der Waals surface area (Å²) in [6, 6.07) is 13.7. The van der Waals surface area contributed by atoms with Gasteiger partial charge in [0.25, 0.3) is 0 Å². The summed E-state index contributed by atoms with van der Waals surface area (Å²) < 4.78 is 14.2. The molecule has 1 fully saturated rings. The van der Waals surface area contributed by atoms with Crippen molar-refractivity contribution in [1.29, 1.82) is 0 Å². The Morgan fingerprint density at radius 3 is 2.50 bits per heavy atom. The van der Waals surface area contributed by atoms with E-state index in [0.717, 1.165) is 31.2 Å². The molecule has 4 nitrogen and oxygen atoms in total. The van der Waals surface area contributed by atoms with E-state index in [9.17, 15) is 14.0 Å². The van der Waals surface area contributed by atoms with E-state index in [4.69, 9.17) is 11.6 Å². The zero-order valence-electron chi connectivity index (χ0n) is 17.2. The van der Waals surface area contributed by atoms with Crippen molar-refractivity contribution in [3.63, 3.8) is 0 Å². The molecule has 2 aromatic carbocycles. The summed E-state index contributed by atoms with van der Waals surface area (Å²) in [6.45, 7) is 2.10. The standard InChI is InChI=1S/C24H28ClFN2O2/c1-17(24(30)27-19-10-5-6-11-19)28(15-14-18-8-3-2-4-9-18)23(29)16-20-21(25)12-7-13-22(20)26/h2-4,7-9,12-13,17,19H,5-6,10-11,14-16H2,1H3,(H,27,30). The molecule has 0 aromatic heterocycles. The first kappa shape index (κ1) is 22.3. The normalized spacial score (nSPS) is 15.0. The lowest BCUT2D eigenvalue weighted by Crippen LogP contribution is -2.51. The van der Waals surface area contributed by atoms with Crippen molar-refractivity contribution in [2.75, 3.05) is 6.54 Å². The topological polar surface area (TPSA) is 49.4 Å². The molecule has 6 heteroatoms. The molecule has 160 valence electrons. The fourth-order valence-corrected chi connectivity index (χ4v) is 4.15. The molecule has 1 atom stereocenters. The van der Waals surface area contributed by atoms with Gasteiger partial charge in [-0.05, 0) is 43.9 Å². The summed E-state index contributed by atoms with van der Waals surface area (Å²) >= 11 is 6.12. The van der Waals surface area contributed by atoms with Gasteiger partial charge in [-0.25, -0.2) is 4.39 Å². The lowest BCUT2D eigenvalue weighted by molar-refractivity contribution is -0.139. The largest absolute Gasteiger partial charge is 0.352 e. The Morgan fingerprint density at radius 1 is 1.13 bits per heavy atom. The molecular weight excluding hydrogens is 403 g/mol. The molecule has 0 bridgehead atoms. The second-order valence-corrected chi connectivity index (χ2v) is 8.27. The van der Waals surface area contributed by atoms with Crippen molar-refractivity contribution in [3.05, 3.63) is 70.5 Å². The molecule has 0 saturated heterocycles. The number of amides is 2. The Hall–Kier alpha value is -2.40. The number of hydrogen-bond donors (Lipinski definition) is 1. The SMILES string of the molecule is CC(C(=O)NC1CCCC1)N(CCc1ccccc1)C(=O)Cc1c(F)cccc1Cl. The van der Waals surface area contributed by atoms with Crippen LogP contribution in [0.15, 0.2) is 48.5 Å². The number of carbonyl (C=O) groups excluding carboxylic acids is 2. The summed E-state index contributed by atoms with van der Waals surface area (Å²) in [6.07, 6.45) is 4.60. The highest BCUT2D eigenvalue weighted by Gasteiger charge is 2.29. The fourth-order valence-electron chi connectivity index (χ4n) is 3.92. The summed E-state index contributed by atoms with van der Waals surface area (Å²) in [5.74, 6) is -0.989. The quantitative estimate of drug-likeness (QED) is 0.668. The molecule has 3 rings (SSSR count). The zero-order chi connectivity index (χ0) is 21.5. The summed E-state index contributed by atoms with van der Waals surface area (Å²) in [5.41, 5.74) is 1.24. The van der Waals surface area contributed by atoms with Crippen LogP contribution in [0.2, 0.25) is 5.02 Å². The molecule has 1 unspecified atom stereocenters. The van der Waals surface area contributed by atoms with Gasteiger partial charge in [-0.1, -0.05) is 60.8 Å². The number of nitrogens with one attached hydrogen (secondary N) is 1. The van der Waals surface area contributed by atoms with Crippen molar-refractivity contribution in [2.45, 2.75) is 57.5 Å². The van der Waals surface area contributed by atoms with Gasteiger partial charge in [0.2, 0.25) is 11.8 Å². The van der Waals surface area contributed by atoms with Gasteiger partial charge in [-0.2, -0.15) is 0 Å². The lowest BCUT2D eigenvalue weighted by Gasteiger charge is -2.30. The molecule has 1 N–H and O–H groups in total. The third-order valence-corrected chi connectivity index (χ3v) is 6.10. The molecule has 2 amide bonds. The second kappa shape index (κ2) is 10.6. The summed E-state index contributed by atoms with van der Waals surface area (Å²) in [7, 11) is 0. The minimum atomic E-state index is -0.646. The van der Waals surface area contributed by atoms with Crippen molar-refractivity contribution in [3.8, 4) is 0 Å². The highest BCUT2D eigenvalue weighted by Crippen LogP contribution is 2.21. The van der Waals surface area contributed by atoms with Gasteiger partial charge in [0, 0.05) is 23.2 Å². The van der Waals surface area contributed by atoms with Crippen LogP contribution < -0.4 is 5.32 Å². The lowest BCUT2D eigenvalue weighted by atomic mass is 10.1. The summed E-state index contributed by atoms with van der Waals surface area (Å²) in [4.78, 5) is 27.5. The number of rotatable bonds is 8. The Kier molecular flexibility index (Phi) is 7.86. The maximum Gasteiger partial charge on any atom is 0.242 e. The van der Waals surface area contributed by atoms with Crippen LogP contribution in [0.4, 0.5) is 4.39 Å². The smallest absolute Gasteiger partial charge is 0.242 e. The van der Waals surface area contributed by atoms with E-state index in [-0.39, 0.29) is 34.9 Å². The third-order valence-electron chi connectivity index (χ3n) is 5.74. The molecular formula is C24H28ClFN2O2. The van der Waals surface area contributed by atoms with E-state index in [1.807, 2.05) is 30.3 Å². The number of benzene rings is 2. The van der Waals surface area contributed by atoms with E-state index in [1.165, 1.54) is 12.1 Å².